The van der Waals surface area contributed by atoms with Crippen LogP contribution in [0, 0.1) is 12.3 Å². The normalized spacial score (nSPS) is 23.2. The minimum Gasteiger partial charge on any atom is -0.496 e. The summed E-state index contributed by atoms with van der Waals surface area (Å²) in [4.78, 5) is 0. The van der Waals surface area contributed by atoms with Gasteiger partial charge in [0.25, 0.3) is 0 Å². The molecule has 2 N–H and O–H groups in total. The number of hydrogen-bond donors (Lipinski definition) is 1. The van der Waals surface area contributed by atoms with E-state index in [0.29, 0.717) is 5.41 Å². The smallest absolute Gasteiger partial charge is 0.122 e. The molecule has 92 valence electrons. The lowest BCUT2D eigenvalue weighted by Crippen LogP contribution is -2.48. The van der Waals surface area contributed by atoms with Crippen molar-refractivity contribution in [3.05, 3.63) is 29.3 Å². The summed E-state index contributed by atoms with van der Waals surface area (Å²) in [6.45, 7) is 2.85. The third kappa shape index (κ3) is 1.58. The van der Waals surface area contributed by atoms with Crippen LogP contribution in [0.1, 0.15) is 36.8 Å². The van der Waals surface area contributed by atoms with E-state index in [4.69, 9.17) is 10.5 Å². The highest BCUT2D eigenvalue weighted by atomic mass is 16.5. The number of benzene rings is 1. The van der Waals surface area contributed by atoms with Crippen LogP contribution in [-0.4, -0.2) is 13.7 Å². The summed E-state index contributed by atoms with van der Waals surface area (Å²) >= 11 is 0. The lowest BCUT2D eigenvalue weighted by Gasteiger charge is -2.49. The van der Waals surface area contributed by atoms with Gasteiger partial charge >= 0.3 is 0 Å². The molecule has 2 nitrogen and oxygen atoms in total. The topological polar surface area (TPSA) is 35.2 Å². The second-order valence-corrected chi connectivity index (χ2v) is 6.02. The Morgan fingerprint density at radius 2 is 2.00 bits per heavy atom. The highest BCUT2D eigenvalue weighted by Crippen LogP contribution is 2.68. The van der Waals surface area contributed by atoms with Crippen molar-refractivity contribution in [3.63, 3.8) is 0 Å². The summed E-state index contributed by atoms with van der Waals surface area (Å²) in [6, 6.07) is 6.58. The zero-order chi connectivity index (χ0) is 12.1. The van der Waals surface area contributed by atoms with E-state index in [2.05, 4.69) is 25.1 Å². The summed E-state index contributed by atoms with van der Waals surface area (Å²) in [5.74, 6) is 0.993. The Morgan fingerprint density at radius 3 is 2.53 bits per heavy atom. The van der Waals surface area contributed by atoms with Crippen LogP contribution in [-0.2, 0) is 5.41 Å². The van der Waals surface area contributed by atoms with E-state index in [1.54, 1.807) is 7.11 Å². The molecular weight excluding hydrogens is 210 g/mol. The Morgan fingerprint density at radius 1 is 1.29 bits per heavy atom. The molecule has 1 aromatic carbocycles. The maximum atomic E-state index is 6.04. The summed E-state index contributed by atoms with van der Waals surface area (Å²) in [5, 5.41) is 0. The Bertz CT molecular complexity index is 440. The molecule has 0 bridgehead atoms. The zero-order valence-electron chi connectivity index (χ0n) is 10.8. The molecule has 0 amide bonds. The fourth-order valence-corrected chi connectivity index (χ4v) is 3.53. The van der Waals surface area contributed by atoms with Crippen LogP contribution in [0.3, 0.4) is 0 Å². The molecule has 2 fully saturated rings. The van der Waals surface area contributed by atoms with Gasteiger partial charge in [-0.3, -0.25) is 0 Å². The average molecular weight is 231 g/mol. The van der Waals surface area contributed by atoms with Crippen LogP contribution in [0.15, 0.2) is 18.2 Å². The third-order valence-corrected chi connectivity index (χ3v) is 4.80. The second kappa shape index (κ2) is 3.49. The predicted octanol–water partition coefficient (Wildman–Crippen LogP) is 2.77. The standard InChI is InChI=1S/C15H21NO/c1-11-3-4-12(7-13(11)17-2)15(10-16)8-14(9-15)5-6-14/h3-4,7H,5-6,8-10,16H2,1-2H3. The fourth-order valence-electron chi connectivity index (χ4n) is 3.53. The molecule has 0 aromatic heterocycles. The maximum absolute atomic E-state index is 6.04. The van der Waals surface area contributed by atoms with Crippen molar-refractivity contribution in [2.45, 2.75) is 38.0 Å². The van der Waals surface area contributed by atoms with Gasteiger partial charge in [-0.1, -0.05) is 12.1 Å². The molecule has 0 atom stereocenters. The molecule has 2 aliphatic rings. The predicted molar refractivity (Wildman–Crippen MR) is 69.4 cm³/mol. The van der Waals surface area contributed by atoms with E-state index >= 15 is 0 Å². The van der Waals surface area contributed by atoms with Crippen molar-refractivity contribution in [1.82, 2.24) is 0 Å². The number of ether oxygens (including phenoxy) is 1. The molecule has 2 saturated carbocycles. The van der Waals surface area contributed by atoms with Gasteiger partial charge in [-0.25, -0.2) is 0 Å². The zero-order valence-corrected chi connectivity index (χ0v) is 10.8. The number of nitrogens with two attached hydrogens (primary N) is 1. The Labute approximate surface area is 103 Å². The van der Waals surface area contributed by atoms with Gasteiger partial charge in [0, 0.05) is 12.0 Å². The van der Waals surface area contributed by atoms with Crippen molar-refractivity contribution in [2.24, 2.45) is 11.1 Å². The SMILES string of the molecule is COc1cc(C2(CN)CC3(CC3)C2)ccc1C. The van der Waals surface area contributed by atoms with Crippen LogP contribution in [0.4, 0.5) is 0 Å². The maximum Gasteiger partial charge on any atom is 0.122 e. The summed E-state index contributed by atoms with van der Waals surface area (Å²) in [6.07, 6.45) is 5.39. The van der Waals surface area contributed by atoms with Gasteiger partial charge in [0.05, 0.1) is 7.11 Å². The van der Waals surface area contributed by atoms with Gasteiger partial charge in [0.15, 0.2) is 0 Å². The lowest BCUT2D eigenvalue weighted by molar-refractivity contribution is 0.126. The van der Waals surface area contributed by atoms with Gasteiger partial charge in [-0.15, -0.1) is 0 Å². The van der Waals surface area contributed by atoms with Crippen molar-refractivity contribution >= 4 is 0 Å². The molecule has 17 heavy (non-hydrogen) atoms. The molecule has 2 heteroatoms. The molecule has 0 saturated heterocycles. The minimum absolute atomic E-state index is 0.234. The first-order chi connectivity index (χ1) is 8.13. The summed E-state index contributed by atoms with van der Waals surface area (Å²) in [5.41, 5.74) is 9.52. The van der Waals surface area contributed by atoms with Crippen LogP contribution >= 0.6 is 0 Å². The van der Waals surface area contributed by atoms with E-state index in [1.165, 1.54) is 36.8 Å². The first kappa shape index (κ1) is 11.1. The Balaban J connectivity index is 1.92. The van der Waals surface area contributed by atoms with Crippen LogP contribution in [0.2, 0.25) is 0 Å². The largest absolute Gasteiger partial charge is 0.496 e. The van der Waals surface area contributed by atoms with Crippen molar-refractivity contribution in [1.29, 1.82) is 0 Å². The number of hydrogen-bond acceptors (Lipinski definition) is 2. The van der Waals surface area contributed by atoms with E-state index in [9.17, 15) is 0 Å². The van der Waals surface area contributed by atoms with Crippen molar-refractivity contribution < 1.29 is 4.74 Å². The molecule has 0 unspecified atom stereocenters. The molecule has 0 radical (unpaired) electrons. The molecule has 0 heterocycles. The average Bonchev–Trinajstić information content (AvgIpc) is 3.07. The van der Waals surface area contributed by atoms with Crippen molar-refractivity contribution in [3.8, 4) is 5.75 Å². The van der Waals surface area contributed by atoms with E-state index < -0.39 is 0 Å². The van der Waals surface area contributed by atoms with E-state index in [0.717, 1.165) is 12.3 Å². The van der Waals surface area contributed by atoms with Crippen molar-refractivity contribution in [2.75, 3.05) is 13.7 Å². The van der Waals surface area contributed by atoms with Gasteiger partial charge in [0.2, 0.25) is 0 Å². The molecule has 2 aliphatic carbocycles. The first-order valence-electron chi connectivity index (χ1n) is 6.48. The molecule has 0 aliphatic heterocycles. The first-order valence-corrected chi connectivity index (χ1v) is 6.48. The molecule has 1 spiro atoms. The molecule has 3 rings (SSSR count). The number of methoxy groups -OCH3 is 1. The Kier molecular flexibility index (Phi) is 2.27. The minimum atomic E-state index is 0.234. The van der Waals surface area contributed by atoms with E-state index in [1.807, 2.05) is 0 Å². The Hall–Kier alpha value is -1.02. The fraction of sp³-hybridized carbons (Fsp3) is 0.600. The number of aryl methyl sites for hydroxylation is 1. The quantitative estimate of drug-likeness (QED) is 0.868. The summed E-state index contributed by atoms with van der Waals surface area (Å²) < 4.78 is 5.42. The highest BCUT2D eigenvalue weighted by Gasteiger charge is 2.60. The van der Waals surface area contributed by atoms with Gasteiger partial charge in [0.1, 0.15) is 5.75 Å². The highest BCUT2D eigenvalue weighted by molar-refractivity contribution is 5.42. The third-order valence-electron chi connectivity index (χ3n) is 4.80. The molecule has 1 aromatic rings. The van der Waals surface area contributed by atoms with Crippen LogP contribution in [0.25, 0.3) is 0 Å². The van der Waals surface area contributed by atoms with Gasteiger partial charge < -0.3 is 10.5 Å². The van der Waals surface area contributed by atoms with Crippen LogP contribution < -0.4 is 10.5 Å². The van der Waals surface area contributed by atoms with Gasteiger partial charge in [-0.05, 0) is 55.2 Å². The monoisotopic (exact) mass is 231 g/mol. The lowest BCUT2D eigenvalue weighted by atomic mass is 9.56. The summed E-state index contributed by atoms with van der Waals surface area (Å²) in [7, 11) is 1.74. The van der Waals surface area contributed by atoms with E-state index in [-0.39, 0.29) is 5.41 Å². The second-order valence-electron chi connectivity index (χ2n) is 6.02. The number of rotatable bonds is 3. The van der Waals surface area contributed by atoms with Gasteiger partial charge in [-0.2, -0.15) is 0 Å². The van der Waals surface area contributed by atoms with Crippen LogP contribution in [0.5, 0.6) is 5.75 Å². The molecular formula is C15H21NO.